The van der Waals surface area contributed by atoms with Gasteiger partial charge < -0.3 is 57.4 Å². The van der Waals surface area contributed by atoms with Gasteiger partial charge in [-0.05, 0) is 185 Å². The smallest absolute Gasteiger partial charge is 0.407 e. The highest BCUT2D eigenvalue weighted by Crippen LogP contribution is 2.42. The lowest BCUT2D eigenvalue weighted by Gasteiger charge is -2.35. The number of aliphatic imine (C=N–C) groups is 2. The van der Waals surface area contributed by atoms with Crippen molar-refractivity contribution in [1.82, 2.24) is 36.0 Å². The summed E-state index contributed by atoms with van der Waals surface area (Å²) in [6, 6.07) is -3.59. The fourth-order valence-corrected chi connectivity index (χ4v) is 12.6. The summed E-state index contributed by atoms with van der Waals surface area (Å²) in [5.41, 5.74) is 14.9. The largest absolute Gasteiger partial charge is 0.496 e. The van der Waals surface area contributed by atoms with E-state index in [0.717, 1.165) is 5.56 Å². The fourth-order valence-electron chi connectivity index (χ4n) is 9.63. The molecule has 1 heterocycles. The number of ether oxygens (including phenoxy) is 3. The lowest BCUT2D eigenvalue weighted by Crippen LogP contribution is -2.59. The standard InChI is InChI=1S/C57H91N11O15S2/c1-31(2)46(66-51(74)41(63-38(9)69)22-19-29-61-53(58)67-84(77,78)48-32(3)30-44(81-15)33(4)35(48)6)52(75)65-42(20-16-17-27-62-55(76)83-56(10,11)12)50(73)64-40(43(70)23-24-45(71)72)21-18-28-60-54(59)68-85(79,80)49-36(7)34(5)47-39(37(49)8)25-26-57(13,14)82-47/h30-31,40-42,46H,16-29H2,1-15H3,(H,62,76)(H,63,69)(H,64,73)(H,65,75)(H,66,74)(H,71,72)(H3,58,61,67)(H3,59,60,68)/t40-,41-,42-,46-/m0/s1. The number of Topliss-reactive ketones (excluding diaryl/α,β-unsaturated/α-hetero) is 1. The number of sulfonamides is 2. The number of methoxy groups -OCH3 is 1. The van der Waals surface area contributed by atoms with Crippen molar-refractivity contribution in [2.24, 2.45) is 27.4 Å². The number of unbranched alkanes of at least 4 members (excludes halogenated alkanes) is 1. The van der Waals surface area contributed by atoms with E-state index < -0.39 is 128 Å². The van der Waals surface area contributed by atoms with E-state index in [2.05, 4.69) is 46.0 Å². The monoisotopic (exact) mass is 1230 g/mol. The normalized spacial score (nSPS) is 15.0. The first kappa shape index (κ1) is 72.0. The van der Waals surface area contributed by atoms with E-state index in [9.17, 15) is 55.5 Å². The van der Waals surface area contributed by atoms with Crippen LogP contribution in [0, 0.1) is 47.5 Å². The molecule has 5 amide bonds. The van der Waals surface area contributed by atoms with Gasteiger partial charge in [-0.25, -0.2) is 31.1 Å². The first-order chi connectivity index (χ1) is 39.3. The molecule has 0 saturated heterocycles. The van der Waals surface area contributed by atoms with Crippen LogP contribution in [-0.2, 0) is 60.0 Å². The van der Waals surface area contributed by atoms with Gasteiger partial charge in [0.15, 0.2) is 5.78 Å². The molecule has 0 bridgehead atoms. The zero-order valence-corrected chi connectivity index (χ0v) is 53.5. The van der Waals surface area contributed by atoms with Crippen LogP contribution in [0.25, 0.3) is 0 Å². The summed E-state index contributed by atoms with van der Waals surface area (Å²) in [7, 11) is -6.96. The average Bonchev–Trinajstić information content (AvgIpc) is 3.56. The number of hydrogen-bond acceptors (Lipinski definition) is 16. The molecule has 1 aliphatic rings. The van der Waals surface area contributed by atoms with Gasteiger partial charge in [0.05, 0.1) is 29.4 Å². The number of carboxylic acids is 1. The van der Waals surface area contributed by atoms with Crippen molar-refractivity contribution in [1.29, 1.82) is 0 Å². The number of nitrogens with one attached hydrogen (secondary N) is 7. The lowest BCUT2D eigenvalue weighted by atomic mass is 9.88. The molecule has 28 heteroatoms. The van der Waals surface area contributed by atoms with E-state index in [-0.39, 0.29) is 68.0 Å². The van der Waals surface area contributed by atoms with Crippen LogP contribution in [0.2, 0.25) is 0 Å². The number of fused-ring (bicyclic) bond motifs is 1. The number of carbonyl (C=O) groups excluding carboxylic acids is 6. The second-order valence-corrected chi connectivity index (χ2v) is 26.5. The first-order valence-corrected chi connectivity index (χ1v) is 31.3. The number of carbonyl (C=O) groups is 7. The number of benzene rings is 2. The van der Waals surface area contributed by atoms with Crippen molar-refractivity contribution in [3.05, 3.63) is 45.0 Å². The van der Waals surface area contributed by atoms with E-state index in [4.69, 9.17) is 25.7 Å². The summed E-state index contributed by atoms with van der Waals surface area (Å²) >= 11 is 0. The summed E-state index contributed by atoms with van der Waals surface area (Å²) in [6.07, 6.45) is 0.0557. The zero-order valence-electron chi connectivity index (χ0n) is 51.9. The number of nitrogens with two attached hydrogens (primary N) is 2. The van der Waals surface area contributed by atoms with Gasteiger partial charge in [0.2, 0.25) is 35.5 Å². The summed E-state index contributed by atoms with van der Waals surface area (Å²) in [4.78, 5) is 101. The third-order valence-corrected chi connectivity index (χ3v) is 17.5. The Morgan fingerprint density at radius 2 is 1.22 bits per heavy atom. The Kier molecular flexibility index (Phi) is 26.5. The number of alkyl carbamates (subject to hydrolysis) is 1. The highest BCUT2D eigenvalue weighted by Gasteiger charge is 2.36. The van der Waals surface area contributed by atoms with Crippen molar-refractivity contribution in [2.75, 3.05) is 26.7 Å². The van der Waals surface area contributed by atoms with Gasteiger partial charge in [0.25, 0.3) is 20.0 Å². The maximum absolute atomic E-state index is 14.3. The fraction of sp³-hybridized carbons (Fsp3) is 0.632. The number of rotatable bonds is 30. The topological polar surface area (TPSA) is 397 Å². The van der Waals surface area contributed by atoms with Crippen molar-refractivity contribution in [2.45, 2.75) is 213 Å². The van der Waals surface area contributed by atoms with Crippen LogP contribution in [-0.4, -0.2) is 137 Å². The minimum absolute atomic E-state index is 0.0107. The maximum Gasteiger partial charge on any atom is 0.407 e. The summed E-state index contributed by atoms with van der Waals surface area (Å²) in [5, 5.41) is 22.7. The molecule has 0 spiro atoms. The molecule has 0 aromatic heterocycles. The number of nitrogens with zero attached hydrogens (tertiary/aromatic N) is 2. The first-order valence-electron chi connectivity index (χ1n) is 28.3. The van der Waals surface area contributed by atoms with Gasteiger partial charge >= 0.3 is 12.1 Å². The van der Waals surface area contributed by atoms with E-state index in [0.29, 0.717) is 64.1 Å². The number of ketones is 1. The van der Waals surface area contributed by atoms with Crippen molar-refractivity contribution >= 4 is 73.4 Å². The van der Waals surface area contributed by atoms with Crippen molar-refractivity contribution < 1.29 is 69.7 Å². The van der Waals surface area contributed by atoms with Crippen LogP contribution in [0.4, 0.5) is 4.79 Å². The van der Waals surface area contributed by atoms with Crippen LogP contribution >= 0.6 is 0 Å². The van der Waals surface area contributed by atoms with Crippen molar-refractivity contribution in [3.63, 3.8) is 0 Å². The molecular formula is C57H91N11O15S2. The average molecular weight is 1230 g/mol. The van der Waals surface area contributed by atoms with Gasteiger partial charge in [-0.3, -0.25) is 38.8 Å². The Labute approximate surface area is 500 Å². The minimum atomic E-state index is -4.26. The number of amides is 5. The number of aliphatic carboxylic acids is 1. The third-order valence-electron chi connectivity index (χ3n) is 14.2. The van der Waals surface area contributed by atoms with Gasteiger partial charge in [0.1, 0.15) is 40.8 Å². The number of guanidine groups is 2. The summed E-state index contributed by atoms with van der Waals surface area (Å²) in [6.45, 7) is 23.6. The van der Waals surface area contributed by atoms with Gasteiger partial charge in [-0.15, -0.1) is 0 Å². The Morgan fingerprint density at radius 3 is 1.76 bits per heavy atom. The Bertz CT molecular complexity index is 3080. The molecule has 4 atom stereocenters. The molecule has 0 aliphatic carbocycles. The van der Waals surface area contributed by atoms with Crippen LogP contribution in [0.3, 0.4) is 0 Å². The SMILES string of the molecule is COc1cc(C)c(S(=O)(=O)NC(N)=NCCC[C@H](NC(C)=O)C(=O)N[C@H](C(=O)N[C@@H](CCCCNC(=O)OC(C)(C)C)C(=O)N[C@@H](CCCN=C(N)NS(=O)(=O)c2c(C)c(C)c3c(c2C)CCC(C)(C)O3)C(=O)CCC(=O)O)C(C)C)c(C)c1C. The second-order valence-electron chi connectivity index (χ2n) is 23.3. The van der Waals surface area contributed by atoms with E-state index in [1.54, 1.807) is 82.2 Å². The van der Waals surface area contributed by atoms with E-state index in [1.807, 2.05) is 13.8 Å². The number of hydrogen-bond donors (Lipinski definition) is 10. The molecule has 0 unspecified atom stereocenters. The molecule has 0 fully saturated rings. The summed E-state index contributed by atoms with van der Waals surface area (Å²) in [5.74, 6) is -5.20. The molecule has 0 radical (unpaired) electrons. The van der Waals surface area contributed by atoms with E-state index >= 15 is 0 Å². The van der Waals surface area contributed by atoms with Gasteiger partial charge in [0, 0.05) is 33.0 Å². The predicted octanol–water partition coefficient (Wildman–Crippen LogP) is 3.84. The number of carboxylic acid groups (broad SMARTS) is 1. The third kappa shape index (κ3) is 22.0. The molecular weight excluding hydrogens is 1140 g/mol. The number of aryl methyl sites for hydroxylation is 1. The molecule has 26 nitrogen and oxygen atoms in total. The highest BCUT2D eigenvalue weighted by molar-refractivity contribution is 7.90. The van der Waals surface area contributed by atoms with Crippen molar-refractivity contribution in [3.8, 4) is 11.5 Å². The molecule has 85 heavy (non-hydrogen) atoms. The molecule has 476 valence electrons. The highest BCUT2D eigenvalue weighted by atomic mass is 32.2. The molecule has 2 aromatic carbocycles. The second kappa shape index (κ2) is 31.2. The Hall–Kier alpha value is -7.23. The van der Waals surface area contributed by atoms with Gasteiger partial charge in [-0.2, -0.15) is 0 Å². The molecule has 12 N–H and O–H groups in total. The zero-order chi connectivity index (χ0) is 64.5. The van der Waals surface area contributed by atoms with E-state index in [1.165, 1.54) is 14.0 Å². The Balaban J connectivity index is 1.83. The lowest BCUT2D eigenvalue weighted by molar-refractivity contribution is -0.139. The summed E-state index contributed by atoms with van der Waals surface area (Å²) < 4.78 is 76.1. The van der Waals surface area contributed by atoms with Crippen LogP contribution in [0.15, 0.2) is 25.8 Å². The Morgan fingerprint density at radius 1 is 0.706 bits per heavy atom. The quantitative estimate of drug-likeness (QED) is 0.0302. The minimum Gasteiger partial charge on any atom is -0.496 e. The molecule has 1 aliphatic heterocycles. The molecule has 3 rings (SSSR count). The van der Waals surface area contributed by atoms with Gasteiger partial charge in [-0.1, -0.05) is 13.8 Å². The predicted molar refractivity (Wildman–Crippen MR) is 321 cm³/mol. The molecule has 0 saturated carbocycles. The van der Waals surface area contributed by atoms with Crippen LogP contribution in [0.1, 0.15) is 159 Å². The maximum atomic E-state index is 14.3. The van der Waals surface area contributed by atoms with Crippen LogP contribution < -0.4 is 57.0 Å². The van der Waals surface area contributed by atoms with Crippen LogP contribution in [0.5, 0.6) is 11.5 Å². The molecule has 2 aromatic rings.